The summed E-state index contributed by atoms with van der Waals surface area (Å²) in [5.74, 6) is -4.04. The molecule has 10 heteroatoms. The number of phenolic OH excluding ortho intramolecular Hbond substituents is 1. The number of hydrogen-bond acceptors (Lipinski definition) is 9. The van der Waals surface area contributed by atoms with Crippen molar-refractivity contribution in [1.29, 1.82) is 0 Å². The molecule has 3 N–H and O–H groups in total. The molecule has 4 bridgehead atoms. The Morgan fingerprint density at radius 3 is 2.35 bits per heavy atom. The molecule has 0 aromatic heterocycles. The highest BCUT2D eigenvalue weighted by atomic mass is 16.6. The highest BCUT2D eigenvalue weighted by molar-refractivity contribution is 6.10. The van der Waals surface area contributed by atoms with Crippen molar-refractivity contribution in [2.24, 2.45) is 17.8 Å². The van der Waals surface area contributed by atoms with Crippen LogP contribution in [0.4, 0.5) is 0 Å². The van der Waals surface area contributed by atoms with Gasteiger partial charge in [-0.15, -0.1) is 0 Å². The summed E-state index contributed by atoms with van der Waals surface area (Å²) < 4.78 is 26.7. The van der Waals surface area contributed by atoms with Gasteiger partial charge in [0.1, 0.15) is 28.4 Å². The van der Waals surface area contributed by atoms with Crippen LogP contribution < -0.4 is 9.47 Å². The molecule has 7 rings (SSSR count). The number of methoxy groups -OCH3 is 1. The van der Waals surface area contributed by atoms with Crippen LogP contribution in [0.15, 0.2) is 41.0 Å². The Morgan fingerprint density at radius 1 is 1.04 bits per heavy atom. The molecule has 1 saturated heterocycles. The molecule has 49 heavy (non-hydrogen) atoms. The zero-order chi connectivity index (χ0) is 35.8. The van der Waals surface area contributed by atoms with E-state index in [1.165, 1.54) is 18.8 Å². The molecule has 264 valence electrons. The highest BCUT2D eigenvalue weighted by Gasteiger charge is 2.85. The van der Waals surface area contributed by atoms with E-state index in [0.29, 0.717) is 36.1 Å². The number of carboxylic acids is 1. The summed E-state index contributed by atoms with van der Waals surface area (Å²) in [5.41, 5.74) is -2.16. The van der Waals surface area contributed by atoms with Gasteiger partial charge < -0.3 is 34.3 Å². The number of aromatic hydroxyl groups is 1. The van der Waals surface area contributed by atoms with E-state index in [9.17, 15) is 24.9 Å². The third kappa shape index (κ3) is 5.04. The molecular formula is C39H48O10. The minimum Gasteiger partial charge on any atom is -0.506 e. The molecule has 7 atom stereocenters. The van der Waals surface area contributed by atoms with Crippen molar-refractivity contribution >= 4 is 23.6 Å². The van der Waals surface area contributed by atoms with Crippen molar-refractivity contribution in [3.05, 3.63) is 57.7 Å². The minimum absolute atomic E-state index is 0.0134. The number of benzene rings is 1. The molecule has 0 radical (unpaired) electrons. The van der Waals surface area contributed by atoms with Gasteiger partial charge in [0.2, 0.25) is 0 Å². The number of ether oxygens (including phenoxy) is 4. The topological polar surface area (TPSA) is 149 Å². The quantitative estimate of drug-likeness (QED) is 0.202. The van der Waals surface area contributed by atoms with Gasteiger partial charge in [-0.05, 0) is 86.3 Å². The van der Waals surface area contributed by atoms with Crippen molar-refractivity contribution in [3.63, 3.8) is 0 Å². The van der Waals surface area contributed by atoms with Crippen LogP contribution >= 0.6 is 0 Å². The second-order valence-corrected chi connectivity index (χ2v) is 15.5. The normalized spacial score (nSPS) is 33.2. The van der Waals surface area contributed by atoms with E-state index < -0.39 is 64.6 Å². The number of carbonyl (C=O) groups is 3. The Labute approximate surface area is 287 Å². The molecule has 10 nitrogen and oxygen atoms in total. The first kappa shape index (κ1) is 35.1. The first-order valence-corrected chi connectivity index (χ1v) is 17.1. The van der Waals surface area contributed by atoms with E-state index in [4.69, 9.17) is 18.9 Å². The number of aliphatic hydroxyl groups is 1. The van der Waals surface area contributed by atoms with E-state index in [1.54, 1.807) is 0 Å². The Bertz CT molecular complexity index is 1740. The summed E-state index contributed by atoms with van der Waals surface area (Å²) in [5, 5.41) is 31.5. The van der Waals surface area contributed by atoms with Crippen LogP contribution in [0.5, 0.6) is 17.2 Å². The number of aliphatic carboxylic acids is 1. The van der Waals surface area contributed by atoms with E-state index in [2.05, 4.69) is 6.08 Å². The van der Waals surface area contributed by atoms with Gasteiger partial charge in [-0.1, -0.05) is 29.4 Å². The van der Waals surface area contributed by atoms with Gasteiger partial charge in [0, 0.05) is 30.9 Å². The fourth-order valence-electron chi connectivity index (χ4n) is 9.14. The van der Waals surface area contributed by atoms with Crippen molar-refractivity contribution < 1.29 is 48.7 Å². The maximum absolute atomic E-state index is 15.1. The average molecular weight is 677 g/mol. The molecule has 1 aromatic carbocycles. The Morgan fingerprint density at radius 2 is 1.73 bits per heavy atom. The zero-order valence-electron chi connectivity index (χ0n) is 29.6. The van der Waals surface area contributed by atoms with Crippen LogP contribution in [0.1, 0.15) is 95.6 Å². The third-order valence-electron chi connectivity index (χ3n) is 11.3. The van der Waals surface area contributed by atoms with Crippen molar-refractivity contribution in [3.8, 4) is 17.2 Å². The van der Waals surface area contributed by atoms with Gasteiger partial charge >= 0.3 is 5.97 Å². The lowest BCUT2D eigenvalue weighted by Gasteiger charge is -2.62. The van der Waals surface area contributed by atoms with E-state index in [-0.39, 0.29) is 34.8 Å². The number of phenols is 1. The molecule has 1 aromatic rings. The summed E-state index contributed by atoms with van der Waals surface area (Å²) in [7, 11) is 1.46. The van der Waals surface area contributed by atoms with E-state index in [1.807, 2.05) is 66.7 Å². The number of allylic oxidation sites excluding steroid dienone is 4. The summed E-state index contributed by atoms with van der Waals surface area (Å²) >= 11 is 0. The zero-order valence-corrected chi connectivity index (χ0v) is 29.6. The highest BCUT2D eigenvalue weighted by Crippen LogP contribution is 2.70. The molecule has 7 unspecified atom stereocenters. The standard InChI is InChI=1S/C39H48O10/c1-20(2)10-9-15-37(7)16-14-23-29(41)27-30(42)28-33(46-8)25-18-26-36(5,6)49-38(34(25)43,17-13-22(19-40)35(44)45)39(26,28)48-32(27)24(31(23)47-37)12-11-21(3)4/h10-11,13-14,16,25-26,28,33,40-41H,9,12,15,17-19H2,1-8H3,(H,44,45)/b22-13+. The number of aliphatic hydroxyl groups excluding tert-OH is 1. The van der Waals surface area contributed by atoms with Crippen LogP contribution in [0.25, 0.3) is 6.08 Å². The van der Waals surface area contributed by atoms with Crippen molar-refractivity contribution in [2.45, 2.75) is 109 Å². The maximum atomic E-state index is 15.1. The lowest BCUT2D eigenvalue weighted by molar-refractivity contribution is -0.224. The summed E-state index contributed by atoms with van der Waals surface area (Å²) in [6.07, 6.45) is 10.2. The molecule has 3 aliphatic heterocycles. The monoisotopic (exact) mass is 676 g/mol. The number of rotatable bonds is 10. The fraction of sp³-hybridized carbons (Fsp3) is 0.564. The lowest BCUT2D eigenvalue weighted by atomic mass is 9.45. The first-order valence-electron chi connectivity index (χ1n) is 17.1. The second-order valence-electron chi connectivity index (χ2n) is 15.5. The predicted molar refractivity (Wildman–Crippen MR) is 182 cm³/mol. The molecule has 3 heterocycles. The number of carboxylic acid groups (broad SMARTS) is 1. The van der Waals surface area contributed by atoms with Gasteiger partial charge in [0.25, 0.3) is 0 Å². The van der Waals surface area contributed by atoms with E-state index in [0.717, 1.165) is 12.0 Å². The average Bonchev–Trinajstić information content (AvgIpc) is 3.16. The molecule has 6 aliphatic rings. The molecule has 1 spiro atoms. The van der Waals surface area contributed by atoms with Gasteiger partial charge in [-0.3, -0.25) is 9.59 Å². The van der Waals surface area contributed by atoms with Crippen LogP contribution in [-0.4, -0.2) is 75.1 Å². The van der Waals surface area contributed by atoms with Crippen molar-refractivity contribution in [2.75, 3.05) is 13.7 Å². The first-order chi connectivity index (χ1) is 23.0. The predicted octanol–water partition coefficient (Wildman–Crippen LogP) is 5.92. The number of fused-ring (bicyclic) bond motifs is 2. The van der Waals surface area contributed by atoms with E-state index >= 15 is 4.79 Å². The number of Topliss-reactive ketones (excluding diaryl/α,β-unsaturated/α-hetero) is 2. The Kier molecular flexibility index (Phi) is 8.56. The molecule has 3 saturated carbocycles. The number of carbonyl (C=O) groups excluding carboxylic acids is 2. The fourth-order valence-corrected chi connectivity index (χ4v) is 9.14. The third-order valence-corrected chi connectivity index (χ3v) is 11.3. The molecule has 0 amide bonds. The van der Waals surface area contributed by atoms with Crippen molar-refractivity contribution in [1.82, 2.24) is 0 Å². The molecule has 3 aliphatic carbocycles. The Balaban J connectivity index is 1.61. The summed E-state index contributed by atoms with van der Waals surface area (Å²) in [6, 6.07) is 0. The van der Waals surface area contributed by atoms with Crippen LogP contribution in [-0.2, 0) is 25.5 Å². The molecular weight excluding hydrogens is 628 g/mol. The Hall–Kier alpha value is -3.73. The number of hydrogen-bond donors (Lipinski definition) is 3. The van der Waals surface area contributed by atoms with Gasteiger partial charge in [0.15, 0.2) is 22.8 Å². The second kappa shape index (κ2) is 12.0. The van der Waals surface area contributed by atoms with Crippen LogP contribution in [0.3, 0.4) is 0 Å². The van der Waals surface area contributed by atoms with Crippen LogP contribution in [0, 0.1) is 17.8 Å². The smallest absolute Gasteiger partial charge is 0.333 e. The minimum atomic E-state index is -1.77. The van der Waals surface area contributed by atoms with Crippen LogP contribution in [0.2, 0.25) is 0 Å². The largest absolute Gasteiger partial charge is 0.506 e. The lowest BCUT2D eigenvalue weighted by Crippen LogP contribution is -2.80. The van der Waals surface area contributed by atoms with Gasteiger partial charge in [-0.2, -0.15) is 0 Å². The number of ketones is 2. The van der Waals surface area contributed by atoms with Gasteiger partial charge in [0.05, 0.1) is 35.4 Å². The SMILES string of the molecule is COC1C2CC3C(C)(C)OC(C/C=C(\CO)C(=O)O)(C2=O)C32Oc3c(CC=C(C)C)c4c(c(O)c3C(=O)C12)C=CC(C)(CCC=C(C)C)O4. The summed E-state index contributed by atoms with van der Waals surface area (Å²) in [4.78, 5) is 41.7. The summed E-state index contributed by atoms with van der Waals surface area (Å²) in [6.45, 7) is 13.0. The van der Waals surface area contributed by atoms with Gasteiger partial charge in [-0.25, -0.2) is 4.79 Å². The molecule has 4 fully saturated rings. The maximum Gasteiger partial charge on any atom is 0.333 e.